The summed E-state index contributed by atoms with van der Waals surface area (Å²) >= 11 is 6.22. The Bertz CT molecular complexity index is 1680. The number of anilines is 2. The molecule has 2 aromatic carbocycles. The highest BCUT2D eigenvalue weighted by atomic mass is 35.5. The van der Waals surface area contributed by atoms with Gasteiger partial charge in [-0.3, -0.25) is 19.4 Å². The number of aliphatic hydroxyl groups is 1. The van der Waals surface area contributed by atoms with Gasteiger partial charge in [0.05, 0.1) is 23.1 Å². The standard InChI is InChI=1S/C31H29ClFN5O5/c1-17(16-43-2)38-28(40)22(21-5-3-7-24(33)26(21)32)14-37(30(38)42)15-25(39)35-20-9-8-18-12-31(13-19(18)11-20)23-6-4-10-34-27(23)36-29(31)41/h3-11,14,17,28,40H,12-13,15-16H2,1-2H3,(H,35,39)(H,34,36,41)/t17-,28?,31+/m0/s1. The van der Waals surface area contributed by atoms with Crippen molar-refractivity contribution < 1.29 is 28.6 Å². The second kappa shape index (κ2) is 11.1. The number of amides is 4. The summed E-state index contributed by atoms with van der Waals surface area (Å²) in [6, 6.07) is 12.2. The molecule has 222 valence electrons. The number of methoxy groups -OCH3 is 1. The van der Waals surface area contributed by atoms with Crippen molar-refractivity contribution >= 4 is 46.5 Å². The number of rotatable bonds is 7. The van der Waals surface area contributed by atoms with E-state index in [1.165, 1.54) is 36.4 Å². The van der Waals surface area contributed by atoms with Crippen molar-refractivity contribution in [2.45, 2.75) is 37.5 Å². The molecule has 0 fully saturated rings. The largest absolute Gasteiger partial charge is 0.383 e. The lowest BCUT2D eigenvalue weighted by atomic mass is 9.79. The molecule has 3 N–H and O–H groups in total. The number of carbonyl (C=O) groups excluding carboxylic acids is 3. The summed E-state index contributed by atoms with van der Waals surface area (Å²) < 4.78 is 19.5. The molecule has 12 heteroatoms. The lowest BCUT2D eigenvalue weighted by Gasteiger charge is -2.41. The first-order valence-corrected chi connectivity index (χ1v) is 14.1. The van der Waals surface area contributed by atoms with Crippen LogP contribution in [0.25, 0.3) is 5.57 Å². The van der Waals surface area contributed by atoms with Crippen LogP contribution in [0, 0.1) is 5.82 Å². The molecule has 0 bridgehead atoms. The number of carbonyl (C=O) groups is 3. The Labute approximate surface area is 252 Å². The number of nitrogens with one attached hydrogen (secondary N) is 2. The van der Waals surface area contributed by atoms with E-state index in [0.717, 1.165) is 21.6 Å². The van der Waals surface area contributed by atoms with Crippen molar-refractivity contribution in [3.63, 3.8) is 0 Å². The first kappa shape index (κ1) is 28.8. The fourth-order valence-corrected chi connectivity index (χ4v) is 6.43. The van der Waals surface area contributed by atoms with E-state index in [2.05, 4.69) is 15.6 Å². The number of fused-ring (bicyclic) bond motifs is 3. The highest BCUT2D eigenvalue weighted by Crippen LogP contribution is 2.47. The van der Waals surface area contributed by atoms with Crippen molar-refractivity contribution in [1.29, 1.82) is 0 Å². The first-order chi connectivity index (χ1) is 20.6. The average molecular weight is 606 g/mol. The molecule has 2 aliphatic heterocycles. The summed E-state index contributed by atoms with van der Waals surface area (Å²) in [7, 11) is 1.47. The number of urea groups is 1. The second-order valence-electron chi connectivity index (χ2n) is 11.0. The number of hydrogen-bond donors (Lipinski definition) is 3. The molecular formula is C31H29ClFN5O5. The zero-order chi connectivity index (χ0) is 30.5. The summed E-state index contributed by atoms with van der Waals surface area (Å²) in [5.74, 6) is -0.697. The zero-order valence-electron chi connectivity index (χ0n) is 23.4. The topological polar surface area (TPSA) is 124 Å². The normalized spacial score (nSPS) is 21.4. The van der Waals surface area contributed by atoms with Crippen LogP contribution in [0.3, 0.4) is 0 Å². The zero-order valence-corrected chi connectivity index (χ0v) is 24.2. The molecule has 3 atom stereocenters. The fraction of sp³-hybridized carbons (Fsp3) is 0.290. The van der Waals surface area contributed by atoms with Crippen LogP contribution in [0.4, 0.5) is 20.7 Å². The highest BCUT2D eigenvalue weighted by Gasteiger charge is 2.51. The number of aliphatic hydroxyl groups excluding tert-OH is 1. The van der Waals surface area contributed by atoms with Gasteiger partial charge in [0, 0.05) is 41.9 Å². The van der Waals surface area contributed by atoms with E-state index in [-0.39, 0.29) is 35.2 Å². The smallest absolute Gasteiger partial charge is 0.327 e. The molecule has 0 saturated heterocycles. The summed E-state index contributed by atoms with van der Waals surface area (Å²) in [6.07, 6.45) is 2.50. The third kappa shape index (κ3) is 4.93. The predicted molar refractivity (Wildman–Crippen MR) is 158 cm³/mol. The van der Waals surface area contributed by atoms with Gasteiger partial charge in [0.15, 0.2) is 6.23 Å². The van der Waals surface area contributed by atoms with Gasteiger partial charge in [0.1, 0.15) is 18.2 Å². The maximum Gasteiger partial charge on any atom is 0.327 e. The average Bonchev–Trinajstić information content (AvgIpc) is 3.49. The van der Waals surface area contributed by atoms with Crippen LogP contribution >= 0.6 is 11.6 Å². The first-order valence-electron chi connectivity index (χ1n) is 13.7. The van der Waals surface area contributed by atoms with Crippen molar-refractivity contribution in [3.05, 3.63) is 94.0 Å². The summed E-state index contributed by atoms with van der Waals surface area (Å²) in [4.78, 5) is 46.3. The van der Waals surface area contributed by atoms with E-state index in [1.54, 1.807) is 19.2 Å². The molecule has 1 spiro atoms. The van der Waals surface area contributed by atoms with Crippen molar-refractivity contribution in [1.82, 2.24) is 14.8 Å². The lowest BCUT2D eigenvalue weighted by Crippen LogP contribution is -2.56. The SMILES string of the molecule is COC[C@H](C)N1C(=O)N(CC(=O)Nc2ccc3c(c2)C[C@@]2(C3)C(=O)Nc3ncccc32)C=C(c2cccc(F)c2Cl)C1O. The summed E-state index contributed by atoms with van der Waals surface area (Å²) in [6.45, 7) is 1.41. The number of aromatic nitrogens is 1. The third-order valence-corrected chi connectivity index (χ3v) is 8.61. The van der Waals surface area contributed by atoms with Gasteiger partial charge in [-0.15, -0.1) is 0 Å². The molecule has 10 nitrogen and oxygen atoms in total. The number of pyridine rings is 1. The van der Waals surface area contributed by atoms with Crippen molar-refractivity contribution in [2.24, 2.45) is 0 Å². The number of nitrogens with zero attached hydrogens (tertiary/aromatic N) is 3. The van der Waals surface area contributed by atoms with Crippen LogP contribution in [0.1, 0.15) is 29.2 Å². The van der Waals surface area contributed by atoms with Gasteiger partial charge < -0.3 is 20.5 Å². The van der Waals surface area contributed by atoms with Crippen LogP contribution in [-0.2, 0) is 32.6 Å². The van der Waals surface area contributed by atoms with Gasteiger partial charge in [-0.25, -0.2) is 14.2 Å². The van der Waals surface area contributed by atoms with E-state index >= 15 is 0 Å². The minimum absolute atomic E-state index is 0.0953. The molecule has 3 heterocycles. The molecule has 43 heavy (non-hydrogen) atoms. The molecule has 1 unspecified atom stereocenters. The maximum atomic E-state index is 14.3. The Morgan fingerprint density at radius 1 is 1.23 bits per heavy atom. The lowest BCUT2D eigenvalue weighted by molar-refractivity contribution is -0.120. The van der Waals surface area contributed by atoms with Gasteiger partial charge in [-0.1, -0.05) is 35.9 Å². The molecular weight excluding hydrogens is 577 g/mol. The predicted octanol–water partition coefficient (Wildman–Crippen LogP) is 3.93. The highest BCUT2D eigenvalue weighted by molar-refractivity contribution is 6.32. The summed E-state index contributed by atoms with van der Waals surface area (Å²) in [5.41, 5.74) is 2.93. The van der Waals surface area contributed by atoms with Crippen LogP contribution < -0.4 is 10.6 Å². The molecule has 3 aliphatic rings. The fourth-order valence-electron chi connectivity index (χ4n) is 6.19. The van der Waals surface area contributed by atoms with E-state index in [0.29, 0.717) is 24.3 Å². The van der Waals surface area contributed by atoms with E-state index in [1.807, 2.05) is 24.3 Å². The summed E-state index contributed by atoms with van der Waals surface area (Å²) in [5, 5.41) is 16.7. The minimum Gasteiger partial charge on any atom is -0.383 e. The van der Waals surface area contributed by atoms with Crippen molar-refractivity contribution in [2.75, 3.05) is 30.9 Å². The maximum absolute atomic E-state index is 14.3. The van der Waals surface area contributed by atoms with Gasteiger partial charge in [-0.2, -0.15) is 0 Å². The van der Waals surface area contributed by atoms with E-state index in [9.17, 15) is 23.9 Å². The Kier molecular flexibility index (Phi) is 7.41. The van der Waals surface area contributed by atoms with Gasteiger partial charge in [0.25, 0.3) is 0 Å². The molecule has 0 saturated carbocycles. The molecule has 6 rings (SSSR count). The molecule has 1 aromatic heterocycles. The third-order valence-electron chi connectivity index (χ3n) is 8.23. The van der Waals surface area contributed by atoms with Crippen LogP contribution in [0.5, 0.6) is 0 Å². The van der Waals surface area contributed by atoms with E-state index in [4.69, 9.17) is 16.3 Å². The quantitative estimate of drug-likeness (QED) is 0.375. The Hall–Kier alpha value is -4.32. The number of ether oxygens (including phenoxy) is 1. The number of benzene rings is 2. The Morgan fingerprint density at radius 3 is 2.81 bits per heavy atom. The van der Waals surface area contributed by atoms with Crippen LogP contribution in [-0.4, -0.2) is 70.3 Å². The monoisotopic (exact) mass is 605 g/mol. The van der Waals surface area contributed by atoms with E-state index < -0.39 is 35.4 Å². The minimum atomic E-state index is -1.45. The molecule has 0 radical (unpaired) electrons. The molecule has 3 aromatic rings. The van der Waals surface area contributed by atoms with Gasteiger partial charge in [-0.05, 0) is 55.2 Å². The van der Waals surface area contributed by atoms with Gasteiger partial charge in [0.2, 0.25) is 11.8 Å². The number of hydrogen-bond acceptors (Lipinski definition) is 6. The van der Waals surface area contributed by atoms with Gasteiger partial charge >= 0.3 is 6.03 Å². The molecule has 1 aliphatic carbocycles. The second-order valence-corrected chi connectivity index (χ2v) is 11.4. The van der Waals surface area contributed by atoms with Crippen LogP contribution in [0.15, 0.2) is 60.9 Å². The van der Waals surface area contributed by atoms with Crippen LogP contribution in [0.2, 0.25) is 5.02 Å². The Morgan fingerprint density at radius 2 is 2.02 bits per heavy atom. The molecule has 4 amide bonds. The van der Waals surface area contributed by atoms with Crippen molar-refractivity contribution in [3.8, 4) is 0 Å². The number of halogens is 2. The Balaban J connectivity index is 1.23.